The van der Waals surface area contributed by atoms with E-state index in [0.29, 0.717) is 0 Å². The molecule has 1 aromatic rings. The van der Waals surface area contributed by atoms with Crippen LogP contribution in [-0.4, -0.2) is 12.1 Å². The van der Waals surface area contributed by atoms with Gasteiger partial charge in [0.1, 0.15) is 10.4 Å². The summed E-state index contributed by atoms with van der Waals surface area (Å²) in [5.41, 5.74) is 1.09. The molecule has 0 bridgehead atoms. The highest BCUT2D eigenvalue weighted by Gasteiger charge is 2.01. The molecule has 0 atom stereocenters. The number of methoxy groups -OCH3 is 1. The average molecular weight is 281 g/mol. The van der Waals surface area contributed by atoms with Crippen LogP contribution < -0.4 is 4.74 Å². The highest BCUT2D eigenvalue weighted by molar-refractivity contribution is 9.10. The van der Waals surface area contributed by atoms with Crippen LogP contribution >= 0.6 is 31.9 Å². The van der Waals surface area contributed by atoms with Crippen LogP contribution in [0.25, 0.3) is 0 Å². The van der Waals surface area contributed by atoms with Gasteiger partial charge >= 0.3 is 0 Å². The molecule has 0 aliphatic rings. The number of halogens is 2. The van der Waals surface area contributed by atoms with Gasteiger partial charge in [-0.2, -0.15) is 0 Å². The zero-order chi connectivity index (χ0) is 8.27. The predicted molar refractivity (Wildman–Crippen MR) is 51.1 cm³/mol. The van der Waals surface area contributed by atoms with Crippen molar-refractivity contribution in [2.45, 2.75) is 5.33 Å². The Morgan fingerprint density at radius 2 is 2.36 bits per heavy atom. The van der Waals surface area contributed by atoms with E-state index in [2.05, 4.69) is 36.8 Å². The molecule has 11 heavy (non-hydrogen) atoms. The molecule has 4 heteroatoms. The van der Waals surface area contributed by atoms with Crippen molar-refractivity contribution in [2.75, 3.05) is 7.11 Å². The Labute approximate surface area is 82.2 Å². The summed E-state index contributed by atoms with van der Waals surface area (Å²) in [6.07, 6.45) is 1.70. The second-order valence-electron chi connectivity index (χ2n) is 1.95. The summed E-state index contributed by atoms with van der Waals surface area (Å²) in [6.45, 7) is 0. The molecule has 0 fully saturated rings. The Morgan fingerprint density at radius 3 is 2.91 bits per heavy atom. The molecule has 0 amide bonds. The summed E-state index contributed by atoms with van der Waals surface area (Å²) in [6, 6.07) is 1.92. The zero-order valence-electron chi connectivity index (χ0n) is 5.97. The third-order valence-electron chi connectivity index (χ3n) is 1.28. The lowest BCUT2D eigenvalue weighted by Gasteiger charge is -2.04. The molecule has 0 aliphatic heterocycles. The van der Waals surface area contributed by atoms with Crippen LogP contribution in [0.15, 0.2) is 16.9 Å². The Hall–Kier alpha value is -0.0900. The maximum atomic E-state index is 5.08. The van der Waals surface area contributed by atoms with E-state index in [0.717, 1.165) is 21.2 Å². The number of ether oxygens (including phenoxy) is 1. The molecule has 0 aliphatic carbocycles. The first-order chi connectivity index (χ1) is 5.27. The topological polar surface area (TPSA) is 22.1 Å². The van der Waals surface area contributed by atoms with Gasteiger partial charge in [-0.1, -0.05) is 15.9 Å². The van der Waals surface area contributed by atoms with Crippen LogP contribution in [0, 0.1) is 0 Å². The van der Waals surface area contributed by atoms with Crippen molar-refractivity contribution in [1.29, 1.82) is 0 Å². The normalized spacial score (nSPS) is 9.73. The second-order valence-corrected chi connectivity index (χ2v) is 3.33. The molecule has 0 spiro atoms. The van der Waals surface area contributed by atoms with E-state index < -0.39 is 0 Å². The fraction of sp³-hybridized carbons (Fsp3) is 0.286. The van der Waals surface area contributed by atoms with Crippen molar-refractivity contribution in [2.24, 2.45) is 0 Å². The van der Waals surface area contributed by atoms with E-state index in [1.54, 1.807) is 13.3 Å². The Morgan fingerprint density at radius 1 is 1.64 bits per heavy atom. The van der Waals surface area contributed by atoms with E-state index in [-0.39, 0.29) is 0 Å². The number of aromatic nitrogens is 1. The molecule has 2 nitrogen and oxygen atoms in total. The first-order valence-electron chi connectivity index (χ1n) is 3.02. The van der Waals surface area contributed by atoms with Gasteiger partial charge < -0.3 is 4.74 Å². The van der Waals surface area contributed by atoms with Crippen molar-refractivity contribution in [3.05, 3.63) is 22.4 Å². The van der Waals surface area contributed by atoms with Gasteiger partial charge in [0.05, 0.1) is 13.3 Å². The smallest absolute Gasteiger partial charge is 0.141 e. The first-order valence-corrected chi connectivity index (χ1v) is 4.93. The molecule has 60 valence electrons. The SMILES string of the molecule is COc1cnc(Br)cc1CBr. The quantitative estimate of drug-likeness (QED) is 0.614. The third-order valence-corrected chi connectivity index (χ3v) is 2.32. The largest absolute Gasteiger partial charge is 0.495 e. The van der Waals surface area contributed by atoms with Crippen LogP contribution in [0.5, 0.6) is 5.75 Å². The summed E-state index contributed by atoms with van der Waals surface area (Å²) in [5.74, 6) is 0.810. The first kappa shape index (κ1) is 9.00. The van der Waals surface area contributed by atoms with Crippen LogP contribution in [0.2, 0.25) is 0 Å². The molecule has 1 heterocycles. The van der Waals surface area contributed by atoms with Gasteiger partial charge in [0.25, 0.3) is 0 Å². The molecule has 0 aromatic carbocycles. The molecule has 0 saturated heterocycles. The highest BCUT2D eigenvalue weighted by atomic mass is 79.9. The van der Waals surface area contributed by atoms with Gasteiger partial charge in [0.2, 0.25) is 0 Å². The molecule has 1 rings (SSSR count). The van der Waals surface area contributed by atoms with E-state index in [1.807, 2.05) is 6.07 Å². The van der Waals surface area contributed by atoms with E-state index in [1.165, 1.54) is 0 Å². The number of nitrogens with zero attached hydrogens (tertiary/aromatic N) is 1. The minimum Gasteiger partial charge on any atom is -0.495 e. The summed E-state index contributed by atoms with van der Waals surface area (Å²) in [5, 5.41) is 0.775. The van der Waals surface area contributed by atoms with Crippen molar-refractivity contribution >= 4 is 31.9 Å². The van der Waals surface area contributed by atoms with Crippen LogP contribution in [0.4, 0.5) is 0 Å². The minimum atomic E-state index is 0.775. The summed E-state index contributed by atoms with van der Waals surface area (Å²) >= 11 is 6.63. The highest BCUT2D eigenvalue weighted by Crippen LogP contribution is 2.22. The van der Waals surface area contributed by atoms with Gasteiger partial charge in [-0.15, -0.1) is 0 Å². The van der Waals surface area contributed by atoms with Crippen molar-refractivity contribution in [3.8, 4) is 5.75 Å². The maximum Gasteiger partial charge on any atom is 0.141 e. The lowest BCUT2D eigenvalue weighted by atomic mass is 10.3. The number of pyridine rings is 1. The fourth-order valence-electron chi connectivity index (χ4n) is 0.744. The molecule has 1 aromatic heterocycles. The Kier molecular flexibility index (Phi) is 3.33. The van der Waals surface area contributed by atoms with E-state index in [9.17, 15) is 0 Å². The van der Waals surface area contributed by atoms with Crippen molar-refractivity contribution in [3.63, 3.8) is 0 Å². The van der Waals surface area contributed by atoms with Gasteiger partial charge in [-0.05, 0) is 22.0 Å². The Balaban J connectivity index is 3.06. The van der Waals surface area contributed by atoms with Gasteiger partial charge in [0.15, 0.2) is 0 Å². The summed E-state index contributed by atoms with van der Waals surface area (Å²) in [4.78, 5) is 4.03. The molecular formula is C7H7Br2NO. The van der Waals surface area contributed by atoms with Crippen molar-refractivity contribution in [1.82, 2.24) is 4.98 Å². The van der Waals surface area contributed by atoms with Crippen LogP contribution in [-0.2, 0) is 5.33 Å². The monoisotopic (exact) mass is 279 g/mol. The molecule has 0 saturated carbocycles. The maximum absolute atomic E-state index is 5.08. The van der Waals surface area contributed by atoms with Crippen LogP contribution in [0.3, 0.4) is 0 Å². The van der Waals surface area contributed by atoms with Crippen LogP contribution in [0.1, 0.15) is 5.56 Å². The van der Waals surface area contributed by atoms with E-state index in [4.69, 9.17) is 4.74 Å². The standard InChI is InChI=1S/C7H7Br2NO/c1-11-6-4-10-7(9)2-5(6)3-8/h2,4H,3H2,1H3. The van der Waals surface area contributed by atoms with Gasteiger partial charge in [-0.3, -0.25) is 0 Å². The number of alkyl halides is 1. The predicted octanol–water partition coefficient (Wildman–Crippen LogP) is 2.75. The van der Waals surface area contributed by atoms with Gasteiger partial charge in [0, 0.05) is 10.9 Å². The molecular weight excluding hydrogens is 274 g/mol. The fourth-order valence-corrected chi connectivity index (χ4v) is 1.56. The third kappa shape index (κ3) is 2.17. The summed E-state index contributed by atoms with van der Waals surface area (Å²) < 4.78 is 5.90. The van der Waals surface area contributed by atoms with E-state index >= 15 is 0 Å². The Bertz CT molecular complexity index is 252. The molecule has 0 N–H and O–H groups in total. The molecule has 0 unspecified atom stereocenters. The van der Waals surface area contributed by atoms with Gasteiger partial charge in [-0.25, -0.2) is 4.98 Å². The zero-order valence-corrected chi connectivity index (χ0v) is 9.15. The second kappa shape index (κ2) is 4.07. The average Bonchev–Trinajstić information content (AvgIpc) is 2.04. The van der Waals surface area contributed by atoms with Crippen molar-refractivity contribution < 1.29 is 4.74 Å². The summed E-state index contributed by atoms with van der Waals surface area (Å²) in [7, 11) is 1.64. The number of hydrogen-bond acceptors (Lipinski definition) is 2. The lowest BCUT2D eigenvalue weighted by Crippen LogP contribution is -1.90. The lowest BCUT2D eigenvalue weighted by molar-refractivity contribution is 0.409. The minimum absolute atomic E-state index is 0.775. The molecule has 0 radical (unpaired) electrons. The number of hydrogen-bond donors (Lipinski definition) is 0. The number of rotatable bonds is 2.